The molecule has 126 valence electrons. The van der Waals surface area contributed by atoms with Crippen molar-refractivity contribution in [2.45, 2.75) is 5.37 Å². The van der Waals surface area contributed by atoms with Crippen LogP contribution in [-0.2, 0) is 0 Å². The summed E-state index contributed by atoms with van der Waals surface area (Å²) in [6.07, 6.45) is 0. The second-order valence-electron chi connectivity index (χ2n) is 5.35. The summed E-state index contributed by atoms with van der Waals surface area (Å²) in [5.74, 6) is 1.32. The average Bonchev–Trinajstić information content (AvgIpc) is 3.10. The zero-order valence-corrected chi connectivity index (χ0v) is 14.3. The minimum atomic E-state index is -0.499. The molecule has 3 rings (SSSR count). The molecule has 1 aliphatic rings. The van der Waals surface area contributed by atoms with Gasteiger partial charge in [0.2, 0.25) is 0 Å². The molecule has 0 N–H and O–H groups in total. The summed E-state index contributed by atoms with van der Waals surface area (Å²) >= 11 is 1.64. The van der Waals surface area contributed by atoms with E-state index in [0.717, 1.165) is 11.3 Å². The zero-order chi connectivity index (χ0) is 17.1. The smallest absolute Gasteiger partial charge is 0.258 e. The van der Waals surface area contributed by atoms with Crippen LogP contribution in [0.5, 0.6) is 11.5 Å². The average molecular weight is 347 g/mol. The number of methoxy groups -OCH3 is 2. The lowest BCUT2D eigenvalue weighted by Gasteiger charge is -2.25. The molecule has 1 heterocycles. The summed E-state index contributed by atoms with van der Waals surface area (Å²) in [5.41, 5.74) is 0.998. The van der Waals surface area contributed by atoms with Crippen LogP contribution in [0.25, 0.3) is 0 Å². The molecule has 0 unspecified atom stereocenters. The first kappa shape index (κ1) is 16.6. The number of thioether (sulfide) groups is 1. The van der Waals surface area contributed by atoms with E-state index < -0.39 is 5.82 Å². The van der Waals surface area contributed by atoms with Gasteiger partial charge < -0.3 is 14.4 Å². The van der Waals surface area contributed by atoms with Gasteiger partial charge in [0.15, 0.2) is 0 Å². The van der Waals surface area contributed by atoms with Crippen molar-refractivity contribution in [1.29, 1.82) is 0 Å². The van der Waals surface area contributed by atoms with Crippen LogP contribution < -0.4 is 9.47 Å². The van der Waals surface area contributed by atoms with Crippen LogP contribution in [0.1, 0.15) is 21.3 Å². The Kier molecular flexibility index (Phi) is 4.94. The molecule has 1 saturated heterocycles. The molecule has 1 amide bonds. The summed E-state index contributed by atoms with van der Waals surface area (Å²) in [6, 6.07) is 11.6. The van der Waals surface area contributed by atoms with Gasteiger partial charge in [0.25, 0.3) is 5.91 Å². The molecule has 2 aromatic rings. The lowest BCUT2D eigenvalue weighted by molar-refractivity contribution is 0.0755. The number of ether oxygens (including phenoxy) is 2. The molecule has 6 heteroatoms. The number of benzene rings is 2. The maximum atomic E-state index is 14.0. The zero-order valence-electron chi connectivity index (χ0n) is 13.5. The number of carbonyl (C=O) groups excluding carboxylic acids is 1. The molecule has 0 spiro atoms. The standard InChI is InChI=1S/C18H18FNO3S/c1-22-13-9-12(10-14(11-13)23-2)18-20(7-8-24-18)17(21)15-5-3-4-6-16(15)19/h3-6,9-11,18H,7-8H2,1-2H3/t18-/m0/s1. The predicted octanol–water partition coefficient (Wildman–Crippen LogP) is 3.73. The number of hydrogen-bond acceptors (Lipinski definition) is 4. The van der Waals surface area contributed by atoms with E-state index >= 15 is 0 Å². The molecule has 0 radical (unpaired) electrons. The van der Waals surface area contributed by atoms with Crippen molar-refractivity contribution in [2.24, 2.45) is 0 Å². The predicted molar refractivity (Wildman–Crippen MR) is 92.2 cm³/mol. The number of rotatable bonds is 4. The van der Waals surface area contributed by atoms with Gasteiger partial charge in [0.05, 0.1) is 19.8 Å². The fourth-order valence-electron chi connectivity index (χ4n) is 2.72. The maximum Gasteiger partial charge on any atom is 0.258 e. The lowest BCUT2D eigenvalue weighted by atomic mass is 10.1. The Morgan fingerprint density at radius 3 is 2.46 bits per heavy atom. The topological polar surface area (TPSA) is 38.8 Å². The van der Waals surface area contributed by atoms with Crippen molar-refractivity contribution in [3.63, 3.8) is 0 Å². The van der Waals surface area contributed by atoms with E-state index in [1.54, 1.807) is 49.1 Å². The largest absolute Gasteiger partial charge is 0.497 e. The Bertz CT molecular complexity index is 731. The number of halogens is 1. The minimum absolute atomic E-state index is 0.0971. The monoisotopic (exact) mass is 347 g/mol. The van der Waals surface area contributed by atoms with Gasteiger partial charge in [0, 0.05) is 18.4 Å². The molecule has 0 aromatic heterocycles. The molecule has 0 bridgehead atoms. The van der Waals surface area contributed by atoms with Crippen molar-refractivity contribution >= 4 is 17.7 Å². The summed E-state index contributed by atoms with van der Waals surface area (Å²) in [4.78, 5) is 14.5. The Hall–Kier alpha value is -2.21. The van der Waals surface area contributed by atoms with E-state index in [4.69, 9.17) is 9.47 Å². The van der Waals surface area contributed by atoms with Gasteiger partial charge in [0.1, 0.15) is 22.7 Å². The first-order valence-corrected chi connectivity index (χ1v) is 8.59. The minimum Gasteiger partial charge on any atom is -0.497 e. The molecular weight excluding hydrogens is 329 g/mol. The fourth-order valence-corrected chi connectivity index (χ4v) is 3.95. The third-order valence-corrected chi connectivity index (χ3v) is 5.18. The molecule has 1 atom stereocenters. The van der Waals surface area contributed by atoms with E-state index in [1.807, 2.05) is 12.1 Å². The molecule has 2 aromatic carbocycles. The number of hydrogen-bond donors (Lipinski definition) is 0. The number of nitrogens with zero attached hydrogens (tertiary/aromatic N) is 1. The van der Waals surface area contributed by atoms with Crippen molar-refractivity contribution in [2.75, 3.05) is 26.5 Å². The number of carbonyl (C=O) groups is 1. The summed E-state index contributed by atoms with van der Waals surface area (Å²) in [6.45, 7) is 0.571. The summed E-state index contributed by atoms with van der Waals surface area (Å²) in [5, 5.41) is -0.193. The van der Waals surface area contributed by atoms with Crippen LogP contribution in [0.4, 0.5) is 4.39 Å². The molecule has 4 nitrogen and oxygen atoms in total. The van der Waals surface area contributed by atoms with E-state index in [9.17, 15) is 9.18 Å². The Morgan fingerprint density at radius 2 is 1.83 bits per heavy atom. The molecule has 24 heavy (non-hydrogen) atoms. The van der Waals surface area contributed by atoms with Crippen molar-refractivity contribution in [1.82, 2.24) is 4.90 Å². The van der Waals surface area contributed by atoms with Gasteiger partial charge in [-0.25, -0.2) is 4.39 Å². The quantitative estimate of drug-likeness (QED) is 0.845. The van der Waals surface area contributed by atoms with Crippen LogP contribution >= 0.6 is 11.8 Å². The highest BCUT2D eigenvalue weighted by molar-refractivity contribution is 7.99. The molecule has 1 aliphatic heterocycles. The number of amides is 1. The van der Waals surface area contributed by atoms with Gasteiger partial charge in [-0.2, -0.15) is 0 Å². The Labute approximate surface area is 144 Å². The molecule has 0 saturated carbocycles. The van der Waals surface area contributed by atoms with E-state index in [0.29, 0.717) is 18.0 Å². The van der Waals surface area contributed by atoms with Crippen LogP contribution in [0.2, 0.25) is 0 Å². The van der Waals surface area contributed by atoms with Crippen LogP contribution in [-0.4, -0.2) is 37.3 Å². The van der Waals surface area contributed by atoms with Gasteiger partial charge in [-0.15, -0.1) is 11.8 Å². The molecule has 0 aliphatic carbocycles. The van der Waals surface area contributed by atoms with Gasteiger partial charge >= 0.3 is 0 Å². The van der Waals surface area contributed by atoms with Crippen molar-refractivity contribution < 1.29 is 18.7 Å². The Morgan fingerprint density at radius 1 is 1.17 bits per heavy atom. The van der Waals surface area contributed by atoms with Gasteiger partial charge in [-0.1, -0.05) is 12.1 Å². The van der Waals surface area contributed by atoms with E-state index in [2.05, 4.69) is 0 Å². The second kappa shape index (κ2) is 7.13. The van der Waals surface area contributed by atoms with Gasteiger partial charge in [-0.3, -0.25) is 4.79 Å². The first-order valence-electron chi connectivity index (χ1n) is 7.54. The third kappa shape index (κ3) is 3.19. The van der Waals surface area contributed by atoms with Crippen LogP contribution in [0.3, 0.4) is 0 Å². The maximum absolute atomic E-state index is 14.0. The second-order valence-corrected chi connectivity index (χ2v) is 6.54. The van der Waals surface area contributed by atoms with Gasteiger partial charge in [-0.05, 0) is 29.8 Å². The van der Waals surface area contributed by atoms with Crippen molar-refractivity contribution in [3.8, 4) is 11.5 Å². The summed E-state index contributed by atoms with van der Waals surface area (Å²) in [7, 11) is 3.17. The van der Waals surface area contributed by atoms with Crippen molar-refractivity contribution in [3.05, 3.63) is 59.4 Å². The third-order valence-electron chi connectivity index (χ3n) is 3.92. The lowest BCUT2D eigenvalue weighted by Crippen LogP contribution is -2.31. The summed E-state index contributed by atoms with van der Waals surface area (Å²) < 4.78 is 24.6. The highest BCUT2D eigenvalue weighted by Crippen LogP contribution is 2.41. The van der Waals surface area contributed by atoms with Crippen LogP contribution in [0, 0.1) is 5.82 Å². The fraction of sp³-hybridized carbons (Fsp3) is 0.278. The highest BCUT2D eigenvalue weighted by Gasteiger charge is 2.32. The Balaban J connectivity index is 1.94. The highest BCUT2D eigenvalue weighted by atomic mass is 32.2. The first-order chi connectivity index (χ1) is 11.6. The SMILES string of the molecule is COc1cc(OC)cc([C@@H]2SCCN2C(=O)c2ccccc2F)c1. The van der Waals surface area contributed by atoms with Crippen LogP contribution in [0.15, 0.2) is 42.5 Å². The van der Waals surface area contributed by atoms with E-state index in [-0.39, 0.29) is 16.8 Å². The molecular formula is C18H18FNO3S. The molecule has 1 fully saturated rings. The van der Waals surface area contributed by atoms with E-state index in [1.165, 1.54) is 12.1 Å². The normalized spacial score (nSPS) is 17.0.